The number of amides is 1. The second-order valence-corrected chi connectivity index (χ2v) is 7.95. The fourth-order valence-corrected chi connectivity index (χ4v) is 4.43. The number of rotatable bonds is 5. The van der Waals surface area contributed by atoms with E-state index in [9.17, 15) is 4.79 Å². The predicted octanol–water partition coefficient (Wildman–Crippen LogP) is 4.06. The van der Waals surface area contributed by atoms with Crippen LogP contribution in [0.1, 0.15) is 23.7 Å². The van der Waals surface area contributed by atoms with Crippen molar-refractivity contribution >= 4 is 29.3 Å². The van der Waals surface area contributed by atoms with Crippen molar-refractivity contribution in [2.24, 2.45) is 0 Å². The van der Waals surface area contributed by atoms with Gasteiger partial charge < -0.3 is 5.32 Å². The zero-order valence-electron chi connectivity index (χ0n) is 14.6. The van der Waals surface area contributed by atoms with Gasteiger partial charge >= 0.3 is 0 Å². The standard InChI is InChI=1S/C20H19ClN4OS/c21-14-7-5-13(6-8-14)19-23-18(24-25-19)9-11-22-20(26)16-10-12-27-17-4-2-1-3-15(16)17/h1-8,16H,9-12H2,(H,22,26)(H,23,24,25). The molecule has 0 saturated carbocycles. The summed E-state index contributed by atoms with van der Waals surface area (Å²) in [7, 11) is 0. The minimum atomic E-state index is -0.0678. The van der Waals surface area contributed by atoms with E-state index in [0.29, 0.717) is 23.8 Å². The third-order valence-electron chi connectivity index (χ3n) is 4.57. The van der Waals surface area contributed by atoms with E-state index >= 15 is 0 Å². The van der Waals surface area contributed by atoms with Crippen LogP contribution >= 0.6 is 23.4 Å². The Labute approximate surface area is 166 Å². The Morgan fingerprint density at radius 2 is 2.04 bits per heavy atom. The second-order valence-electron chi connectivity index (χ2n) is 6.38. The van der Waals surface area contributed by atoms with Crippen LogP contribution in [0.25, 0.3) is 11.4 Å². The largest absolute Gasteiger partial charge is 0.355 e. The highest BCUT2D eigenvalue weighted by Crippen LogP contribution is 2.37. The number of thioether (sulfide) groups is 1. The maximum Gasteiger partial charge on any atom is 0.227 e. The number of aromatic amines is 1. The Bertz CT molecular complexity index is 941. The summed E-state index contributed by atoms with van der Waals surface area (Å²) in [6.07, 6.45) is 1.48. The quantitative estimate of drug-likeness (QED) is 0.679. The number of benzene rings is 2. The molecule has 1 aliphatic rings. The number of hydrogen-bond acceptors (Lipinski definition) is 4. The van der Waals surface area contributed by atoms with E-state index in [1.54, 1.807) is 0 Å². The van der Waals surface area contributed by atoms with Crippen LogP contribution in [0.5, 0.6) is 0 Å². The van der Waals surface area contributed by atoms with Gasteiger partial charge in [0.1, 0.15) is 5.82 Å². The first-order valence-corrected chi connectivity index (χ1v) is 10.2. The molecular formula is C20H19ClN4OS. The van der Waals surface area contributed by atoms with Gasteiger partial charge in [-0.1, -0.05) is 29.8 Å². The maximum atomic E-state index is 12.6. The molecule has 0 bridgehead atoms. The van der Waals surface area contributed by atoms with Crippen LogP contribution in [0.2, 0.25) is 5.02 Å². The van der Waals surface area contributed by atoms with Gasteiger partial charge in [0.25, 0.3) is 0 Å². The SMILES string of the molecule is O=C(NCCc1nc(-c2ccc(Cl)cc2)n[nH]1)C1CCSc2ccccc21. The molecule has 7 heteroatoms. The van der Waals surface area contributed by atoms with Crippen molar-refractivity contribution in [3.63, 3.8) is 0 Å². The second kappa shape index (κ2) is 8.15. The van der Waals surface area contributed by atoms with Crippen LogP contribution in [0.3, 0.4) is 0 Å². The van der Waals surface area contributed by atoms with Gasteiger partial charge in [-0.05, 0) is 48.1 Å². The number of aromatic nitrogens is 3. The summed E-state index contributed by atoms with van der Waals surface area (Å²) in [6.45, 7) is 0.528. The number of nitrogens with one attached hydrogen (secondary N) is 2. The molecule has 1 aliphatic heterocycles. The summed E-state index contributed by atoms with van der Waals surface area (Å²) < 4.78 is 0. The first-order chi connectivity index (χ1) is 13.2. The Hall–Kier alpha value is -2.31. The molecule has 0 aliphatic carbocycles. The van der Waals surface area contributed by atoms with Crippen LogP contribution in [0.15, 0.2) is 53.4 Å². The van der Waals surface area contributed by atoms with Crippen LogP contribution < -0.4 is 5.32 Å². The summed E-state index contributed by atoms with van der Waals surface area (Å²) in [5.74, 6) is 2.37. The van der Waals surface area contributed by atoms with Crippen LogP contribution in [0, 0.1) is 0 Å². The van der Waals surface area contributed by atoms with Crippen LogP contribution in [-0.2, 0) is 11.2 Å². The molecule has 0 radical (unpaired) electrons. The van der Waals surface area contributed by atoms with E-state index in [-0.39, 0.29) is 11.8 Å². The first-order valence-electron chi connectivity index (χ1n) is 8.87. The Morgan fingerprint density at radius 1 is 1.22 bits per heavy atom. The third kappa shape index (κ3) is 4.17. The minimum absolute atomic E-state index is 0.0678. The highest BCUT2D eigenvalue weighted by Gasteiger charge is 2.26. The Balaban J connectivity index is 1.34. The molecule has 2 heterocycles. The zero-order valence-corrected chi connectivity index (χ0v) is 16.2. The molecule has 4 rings (SSSR count). The van der Waals surface area contributed by atoms with Gasteiger partial charge in [-0.25, -0.2) is 4.98 Å². The smallest absolute Gasteiger partial charge is 0.227 e. The lowest BCUT2D eigenvalue weighted by atomic mass is 9.95. The van der Waals surface area contributed by atoms with Crippen molar-refractivity contribution in [3.8, 4) is 11.4 Å². The normalized spacial score (nSPS) is 16.0. The zero-order chi connectivity index (χ0) is 18.6. The fraction of sp³-hybridized carbons (Fsp3) is 0.250. The molecule has 1 aromatic heterocycles. The molecule has 0 spiro atoms. The number of nitrogens with zero attached hydrogens (tertiary/aromatic N) is 2. The van der Waals surface area contributed by atoms with E-state index in [0.717, 1.165) is 29.1 Å². The van der Waals surface area contributed by atoms with E-state index in [1.165, 1.54) is 4.90 Å². The summed E-state index contributed by atoms with van der Waals surface area (Å²) in [5.41, 5.74) is 2.04. The summed E-state index contributed by atoms with van der Waals surface area (Å²) in [5, 5.41) is 10.9. The first kappa shape index (κ1) is 18.1. The van der Waals surface area contributed by atoms with Gasteiger partial charge in [-0.3, -0.25) is 9.89 Å². The minimum Gasteiger partial charge on any atom is -0.355 e. The fourth-order valence-electron chi connectivity index (χ4n) is 3.18. The molecule has 138 valence electrons. The van der Waals surface area contributed by atoms with Gasteiger partial charge in [-0.15, -0.1) is 11.8 Å². The van der Waals surface area contributed by atoms with E-state index in [4.69, 9.17) is 11.6 Å². The lowest BCUT2D eigenvalue weighted by Gasteiger charge is -2.24. The third-order valence-corrected chi connectivity index (χ3v) is 5.94. The van der Waals surface area contributed by atoms with E-state index < -0.39 is 0 Å². The van der Waals surface area contributed by atoms with Gasteiger partial charge in [0.2, 0.25) is 5.91 Å². The van der Waals surface area contributed by atoms with Crippen molar-refractivity contribution in [2.75, 3.05) is 12.3 Å². The van der Waals surface area contributed by atoms with E-state index in [2.05, 4.69) is 32.6 Å². The number of hydrogen-bond donors (Lipinski definition) is 2. The maximum absolute atomic E-state index is 12.6. The van der Waals surface area contributed by atoms with Gasteiger partial charge in [0, 0.05) is 28.4 Å². The molecule has 0 fully saturated rings. The number of halogens is 1. The molecular weight excluding hydrogens is 380 g/mol. The van der Waals surface area contributed by atoms with Crippen molar-refractivity contribution in [1.82, 2.24) is 20.5 Å². The van der Waals surface area contributed by atoms with Crippen molar-refractivity contribution in [1.29, 1.82) is 0 Å². The molecule has 1 amide bonds. The molecule has 2 aromatic carbocycles. The number of H-pyrrole nitrogens is 1. The molecule has 1 atom stereocenters. The predicted molar refractivity (Wildman–Crippen MR) is 108 cm³/mol. The highest BCUT2D eigenvalue weighted by molar-refractivity contribution is 7.99. The van der Waals surface area contributed by atoms with Gasteiger partial charge in [0.05, 0.1) is 5.92 Å². The van der Waals surface area contributed by atoms with Crippen LogP contribution in [0.4, 0.5) is 0 Å². The van der Waals surface area contributed by atoms with Gasteiger partial charge in [0.15, 0.2) is 5.82 Å². The summed E-state index contributed by atoms with van der Waals surface area (Å²) >= 11 is 7.73. The molecule has 5 nitrogen and oxygen atoms in total. The Kier molecular flexibility index (Phi) is 5.45. The van der Waals surface area contributed by atoms with Gasteiger partial charge in [-0.2, -0.15) is 5.10 Å². The molecule has 2 N–H and O–H groups in total. The molecule has 1 unspecified atom stereocenters. The summed E-state index contributed by atoms with van der Waals surface area (Å²) in [6, 6.07) is 15.6. The highest BCUT2D eigenvalue weighted by atomic mass is 35.5. The van der Waals surface area contributed by atoms with Crippen molar-refractivity contribution in [2.45, 2.75) is 23.7 Å². The number of carbonyl (C=O) groups excluding carboxylic acids is 1. The number of carbonyl (C=O) groups is 1. The lowest BCUT2D eigenvalue weighted by Crippen LogP contribution is -2.32. The average Bonchev–Trinajstić information content (AvgIpc) is 3.17. The molecule has 27 heavy (non-hydrogen) atoms. The summed E-state index contributed by atoms with van der Waals surface area (Å²) in [4.78, 5) is 18.3. The number of fused-ring (bicyclic) bond motifs is 1. The average molecular weight is 399 g/mol. The molecule has 3 aromatic rings. The topological polar surface area (TPSA) is 70.7 Å². The van der Waals surface area contributed by atoms with Crippen LogP contribution in [-0.4, -0.2) is 33.4 Å². The van der Waals surface area contributed by atoms with E-state index in [1.807, 2.05) is 48.2 Å². The lowest BCUT2D eigenvalue weighted by molar-refractivity contribution is -0.122. The van der Waals surface area contributed by atoms with Crippen molar-refractivity contribution < 1.29 is 4.79 Å². The Morgan fingerprint density at radius 3 is 2.89 bits per heavy atom. The molecule has 0 saturated heterocycles. The van der Waals surface area contributed by atoms with Crippen molar-refractivity contribution in [3.05, 3.63) is 64.9 Å². The monoisotopic (exact) mass is 398 g/mol.